The number of carbonyl (C=O) groups excluding carboxylic acids is 1. The molecule has 0 aliphatic carbocycles. The number of nitrogens with one attached hydrogen (secondary N) is 2. The van der Waals surface area contributed by atoms with Gasteiger partial charge in [0.2, 0.25) is 0 Å². The SMILES string of the molecule is O=C(Nc1ccccc1Cl)c1cc(-c2ccccn2)n[nH]1. The summed E-state index contributed by atoms with van der Waals surface area (Å²) < 4.78 is 0. The Bertz CT molecular complexity index is 770. The normalized spacial score (nSPS) is 10.3. The number of hydrogen-bond donors (Lipinski definition) is 2. The second-order valence-corrected chi connectivity index (χ2v) is 4.72. The Balaban J connectivity index is 1.80. The number of nitrogens with zero attached hydrogens (tertiary/aromatic N) is 2. The van der Waals surface area contributed by atoms with Crippen molar-refractivity contribution < 1.29 is 4.79 Å². The largest absolute Gasteiger partial charge is 0.319 e. The lowest BCUT2D eigenvalue weighted by Crippen LogP contribution is -2.12. The summed E-state index contributed by atoms with van der Waals surface area (Å²) in [6, 6.07) is 14.2. The van der Waals surface area contributed by atoms with Gasteiger partial charge >= 0.3 is 0 Å². The quantitative estimate of drug-likeness (QED) is 0.778. The van der Waals surface area contributed by atoms with Gasteiger partial charge in [0, 0.05) is 6.20 Å². The van der Waals surface area contributed by atoms with E-state index in [9.17, 15) is 4.79 Å². The molecule has 21 heavy (non-hydrogen) atoms. The average Bonchev–Trinajstić information content (AvgIpc) is 3.00. The summed E-state index contributed by atoms with van der Waals surface area (Å²) >= 11 is 6.01. The molecule has 1 aromatic carbocycles. The zero-order valence-corrected chi connectivity index (χ0v) is 11.6. The minimum Gasteiger partial charge on any atom is -0.319 e. The highest BCUT2D eigenvalue weighted by atomic mass is 35.5. The summed E-state index contributed by atoms with van der Waals surface area (Å²) in [5.74, 6) is -0.308. The lowest BCUT2D eigenvalue weighted by Gasteiger charge is -2.04. The number of aromatic amines is 1. The van der Waals surface area contributed by atoms with E-state index in [4.69, 9.17) is 11.6 Å². The van der Waals surface area contributed by atoms with E-state index >= 15 is 0 Å². The van der Waals surface area contributed by atoms with Crippen LogP contribution in [-0.2, 0) is 0 Å². The fourth-order valence-electron chi connectivity index (χ4n) is 1.84. The second-order valence-electron chi connectivity index (χ2n) is 4.32. The number of H-pyrrole nitrogens is 1. The molecule has 0 spiro atoms. The number of pyridine rings is 1. The van der Waals surface area contributed by atoms with Crippen LogP contribution in [0.4, 0.5) is 5.69 Å². The van der Waals surface area contributed by atoms with Gasteiger partial charge < -0.3 is 5.32 Å². The highest BCUT2D eigenvalue weighted by molar-refractivity contribution is 6.33. The highest BCUT2D eigenvalue weighted by Crippen LogP contribution is 2.21. The van der Waals surface area contributed by atoms with Gasteiger partial charge in [-0.05, 0) is 30.3 Å². The van der Waals surface area contributed by atoms with Crippen LogP contribution in [0, 0.1) is 0 Å². The van der Waals surface area contributed by atoms with Crippen LogP contribution < -0.4 is 5.32 Å². The van der Waals surface area contributed by atoms with Crippen LogP contribution in [0.15, 0.2) is 54.7 Å². The van der Waals surface area contributed by atoms with Crippen LogP contribution in [-0.4, -0.2) is 21.1 Å². The third-order valence-corrected chi connectivity index (χ3v) is 3.20. The first-order chi connectivity index (χ1) is 10.2. The van der Waals surface area contributed by atoms with Gasteiger partial charge in [-0.1, -0.05) is 29.8 Å². The third kappa shape index (κ3) is 2.93. The molecule has 0 atom stereocenters. The first-order valence-corrected chi connectivity index (χ1v) is 6.64. The zero-order chi connectivity index (χ0) is 14.7. The number of para-hydroxylation sites is 1. The smallest absolute Gasteiger partial charge is 0.273 e. The number of anilines is 1. The van der Waals surface area contributed by atoms with Crippen molar-refractivity contribution in [3.63, 3.8) is 0 Å². The number of halogens is 1. The van der Waals surface area contributed by atoms with E-state index < -0.39 is 0 Å². The predicted octanol–water partition coefficient (Wildman–Crippen LogP) is 3.38. The Kier molecular flexibility index (Phi) is 3.66. The topological polar surface area (TPSA) is 70.7 Å². The number of hydrogen-bond acceptors (Lipinski definition) is 3. The van der Waals surface area contributed by atoms with E-state index in [1.807, 2.05) is 18.2 Å². The maximum atomic E-state index is 12.1. The molecule has 0 saturated carbocycles. The van der Waals surface area contributed by atoms with E-state index in [1.165, 1.54) is 0 Å². The van der Waals surface area contributed by atoms with E-state index in [-0.39, 0.29) is 5.91 Å². The Hall–Kier alpha value is -2.66. The third-order valence-electron chi connectivity index (χ3n) is 2.87. The van der Waals surface area contributed by atoms with Gasteiger partial charge in [-0.15, -0.1) is 0 Å². The maximum Gasteiger partial charge on any atom is 0.273 e. The summed E-state index contributed by atoms with van der Waals surface area (Å²) in [5.41, 5.74) is 2.21. The first-order valence-electron chi connectivity index (χ1n) is 6.27. The van der Waals surface area contributed by atoms with Gasteiger partial charge in [-0.25, -0.2) is 0 Å². The van der Waals surface area contributed by atoms with Crippen LogP contribution in [0.2, 0.25) is 5.02 Å². The van der Waals surface area contributed by atoms with Crippen molar-refractivity contribution in [2.45, 2.75) is 0 Å². The number of amides is 1. The molecule has 3 aromatic rings. The van der Waals surface area contributed by atoms with Crippen molar-refractivity contribution in [3.05, 3.63) is 65.4 Å². The van der Waals surface area contributed by atoms with Crippen LogP contribution >= 0.6 is 11.6 Å². The predicted molar refractivity (Wildman–Crippen MR) is 81.2 cm³/mol. The fourth-order valence-corrected chi connectivity index (χ4v) is 2.02. The van der Waals surface area contributed by atoms with E-state index in [0.717, 1.165) is 0 Å². The van der Waals surface area contributed by atoms with Gasteiger partial charge in [0.05, 0.1) is 16.4 Å². The van der Waals surface area contributed by atoms with E-state index in [0.29, 0.717) is 27.8 Å². The molecule has 0 bridgehead atoms. The van der Waals surface area contributed by atoms with Crippen molar-refractivity contribution in [3.8, 4) is 11.4 Å². The molecular formula is C15H11ClN4O. The Labute approximate surface area is 126 Å². The maximum absolute atomic E-state index is 12.1. The summed E-state index contributed by atoms with van der Waals surface area (Å²) in [7, 11) is 0. The molecule has 2 aromatic heterocycles. The Morgan fingerprint density at radius 2 is 1.90 bits per heavy atom. The second kappa shape index (κ2) is 5.76. The molecule has 0 aliphatic heterocycles. The molecule has 3 rings (SSSR count). The molecule has 2 N–H and O–H groups in total. The molecule has 104 valence electrons. The highest BCUT2D eigenvalue weighted by Gasteiger charge is 2.12. The zero-order valence-electron chi connectivity index (χ0n) is 10.9. The standard InChI is InChI=1S/C15H11ClN4O/c16-10-5-1-2-6-11(10)18-15(21)14-9-13(19-20-14)12-7-3-4-8-17-12/h1-9H,(H,18,21)(H,19,20). The van der Waals surface area contributed by atoms with Gasteiger partial charge in [-0.3, -0.25) is 14.9 Å². The molecular weight excluding hydrogens is 288 g/mol. The van der Waals surface area contributed by atoms with Crippen molar-refractivity contribution in [2.75, 3.05) is 5.32 Å². The van der Waals surface area contributed by atoms with Crippen molar-refractivity contribution >= 4 is 23.2 Å². The van der Waals surface area contributed by atoms with Crippen LogP contribution in [0.5, 0.6) is 0 Å². The van der Waals surface area contributed by atoms with Crippen LogP contribution in [0.1, 0.15) is 10.5 Å². The van der Waals surface area contributed by atoms with Crippen molar-refractivity contribution in [1.29, 1.82) is 0 Å². The minimum absolute atomic E-state index is 0.308. The summed E-state index contributed by atoms with van der Waals surface area (Å²) in [4.78, 5) is 16.3. The summed E-state index contributed by atoms with van der Waals surface area (Å²) in [6.45, 7) is 0. The van der Waals surface area contributed by atoms with Crippen LogP contribution in [0.25, 0.3) is 11.4 Å². The fraction of sp³-hybridized carbons (Fsp3) is 0. The molecule has 0 fully saturated rings. The monoisotopic (exact) mass is 298 g/mol. The average molecular weight is 299 g/mol. The van der Waals surface area contributed by atoms with Gasteiger partial charge in [0.15, 0.2) is 0 Å². The van der Waals surface area contributed by atoms with Crippen molar-refractivity contribution in [2.24, 2.45) is 0 Å². The van der Waals surface area contributed by atoms with Gasteiger partial charge in [-0.2, -0.15) is 5.10 Å². The molecule has 0 saturated heterocycles. The minimum atomic E-state index is -0.308. The van der Waals surface area contributed by atoms with Crippen molar-refractivity contribution in [1.82, 2.24) is 15.2 Å². The molecule has 0 unspecified atom stereocenters. The summed E-state index contributed by atoms with van der Waals surface area (Å²) in [5, 5.41) is 10.00. The van der Waals surface area contributed by atoms with E-state index in [2.05, 4.69) is 20.5 Å². The molecule has 2 heterocycles. The first kappa shape index (κ1) is 13.3. The number of rotatable bonds is 3. The molecule has 5 nitrogen and oxygen atoms in total. The number of aromatic nitrogens is 3. The lowest BCUT2D eigenvalue weighted by atomic mass is 10.2. The van der Waals surface area contributed by atoms with Gasteiger partial charge in [0.1, 0.15) is 11.4 Å². The molecule has 0 aliphatic rings. The molecule has 6 heteroatoms. The number of carbonyl (C=O) groups is 1. The Morgan fingerprint density at radius 1 is 1.10 bits per heavy atom. The van der Waals surface area contributed by atoms with Crippen LogP contribution in [0.3, 0.4) is 0 Å². The summed E-state index contributed by atoms with van der Waals surface area (Å²) in [6.07, 6.45) is 1.67. The van der Waals surface area contributed by atoms with E-state index in [1.54, 1.807) is 36.5 Å². The Morgan fingerprint density at radius 3 is 2.67 bits per heavy atom. The molecule has 0 radical (unpaired) electrons. The molecule has 1 amide bonds. The number of benzene rings is 1. The lowest BCUT2D eigenvalue weighted by molar-refractivity contribution is 0.102. The van der Waals surface area contributed by atoms with Gasteiger partial charge in [0.25, 0.3) is 5.91 Å².